The molecule has 2 aromatic carbocycles. The van der Waals surface area contributed by atoms with Crippen molar-refractivity contribution in [2.45, 2.75) is 0 Å². The molecule has 138 valence electrons. The van der Waals surface area contributed by atoms with E-state index >= 15 is 0 Å². The van der Waals surface area contributed by atoms with Crippen LogP contribution in [0, 0.1) is 0 Å². The molecule has 0 aliphatic carbocycles. The largest absolute Gasteiger partial charge is 0.308 e. The number of thiazole rings is 1. The lowest BCUT2D eigenvalue weighted by molar-refractivity contribution is 0.0989. The van der Waals surface area contributed by atoms with Crippen molar-refractivity contribution in [1.82, 2.24) is 9.88 Å². The Balaban J connectivity index is 1.77. The number of carbonyl (C=O) groups is 1. The molecule has 27 heavy (non-hydrogen) atoms. The summed E-state index contributed by atoms with van der Waals surface area (Å²) in [6.07, 6.45) is 0. The molecule has 0 spiro atoms. The van der Waals surface area contributed by atoms with Gasteiger partial charge in [0.1, 0.15) is 4.88 Å². The van der Waals surface area contributed by atoms with Crippen molar-refractivity contribution in [3.05, 3.63) is 58.4 Å². The van der Waals surface area contributed by atoms with Crippen LogP contribution in [0.4, 0.5) is 5.13 Å². The van der Waals surface area contributed by atoms with E-state index in [0.29, 0.717) is 21.6 Å². The van der Waals surface area contributed by atoms with Gasteiger partial charge in [0.15, 0.2) is 5.13 Å². The summed E-state index contributed by atoms with van der Waals surface area (Å²) < 4.78 is 2.08. The van der Waals surface area contributed by atoms with Gasteiger partial charge >= 0.3 is 0 Å². The standard InChI is InChI=1S/C20H18ClN3OS2/c1-23(2)11-12-24(20-22-14-8-4-6-10-16(14)27-20)19(25)18-17(21)13-7-3-5-9-15(13)26-18/h3-10H,11-12H2,1-2H3. The lowest BCUT2D eigenvalue weighted by Gasteiger charge is -2.21. The maximum Gasteiger partial charge on any atom is 0.271 e. The lowest BCUT2D eigenvalue weighted by atomic mass is 10.2. The van der Waals surface area contributed by atoms with Crippen molar-refractivity contribution in [3.8, 4) is 0 Å². The molecule has 4 aromatic rings. The summed E-state index contributed by atoms with van der Waals surface area (Å²) in [5, 5.41) is 2.15. The van der Waals surface area contributed by atoms with Crippen molar-refractivity contribution in [2.75, 3.05) is 32.1 Å². The molecule has 0 bridgehead atoms. The number of rotatable bonds is 5. The summed E-state index contributed by atoms with van der Waals surface area (Å²) in [5.74, 6) is -0.0953. The third kappa shape index (κ3) is 3.58. The van der Waals surface area contributed by atoms with Crippen LogP contribution in [0.15, 0.2) is 48.5 Å². The van der Waals surface area contributed by atoms with Crippen molar-refractivity contribution < 1.29 is 4.79 Å². The lowest BCUT2D eigenvalue weighted by Crippen LogP contribution is -2.36. The molecule has 0 N–H and O–H groups in total. The Bertz CT molecular complexity index is 1090. The highest BCUT2D eigenvalue weighted by atomic mass is 35.5. The number of thiophene rings is 1. The van der Waals surface area contributed by atoms with Gasteiger partial charge in [-0.3, -0.25) is 9.69 Å². The van der Waals surface area contributed by atoms with Gasteiger partial charge in [-0.1, -0.05) is 53.3 Å². The van der Waals surface area contributed by atoms with Gasteiger partial charge in [-0.2, -0.15) is 0 Å². The zero-order valence-electron chi connectivity index (χ0n) is 15.0. The van der Waals surface area contributed by atoms with E-state index in [1.165, 1.54) is 22.7 Å². The molecule has 0 aliphatic rings. The summed E-state index contributed by atoms with van der Waals surface area (Å²) >= 11 is 9.53. The molecule has 0 aliphatic heterocycles. The monoisotopic (exact) mass is 415 g/mol. The van der Waals surface area contributed by atoms with Gasteiger partial charge in [0.05, 0.1) is 15.2 Å². The maximum absolute atomic E-state index is 13.4. The highest BCUT2D eigenvalue weighted by molar-refractivity contribution is 7.23. The Morgan fingerprint density at radius 2 is 1.70 bits per heavy atom. The smallest absolute Gasteiger partial charge is 0.271 e. The number of halogens is 1. The first-order chi connectivity index (χ1) is 13.0. The molecule has 0 saturated heterocycles. The second kappa shape index (κ2) is 7.56. The van der Waals surface area contributed by atoms with Crippen LogP contribution in [0.1, 0.15) is 9.67 Å². The summed E-state index contributed by atoms with van der Waals surface area (Å²) in [4.78, 5) is 22.5. The molecular weight excluding hydrogens is 398 g/mol. The number of anilines is 1. The van der Waals surface area contributed by atoms with Crippen LogP contribution in [-0.4, -0.2) is 43.0 Å². The van der Waals surface area contributed by atoms with Gasteiger partial charge in [-0.05, 0) is 32.3 Å². The molecule has 4 nitrogen and oxygen atoms in total. The molecular formula is C20H18ClN3OS2. The Morgan fingerprint density at radius 1 is 1.00 bits per heavy atom. The average molecular weight is 416 g/mol. The Labute approximate surface area is 170 Å². The number of amides is 1. The number of fused-ring (bicyclic) bond motifs is 2. The molecule has 7 heteroatoms. The number of carbonyl (C=O) groups excluding carboxylic acids is 1. The van der Waals surface area contributed by atoms with Gasteiger partial charge in [0.2, 0.25) is 0 Å². The summed E-state index contributed by atoms with van der Waals surface area (Å²) in [5.41, 5.74) is 0.905. The minimum Gasteiger partial charge on any atom is -0.308 e. The molecule has 0 atom stereocenters. The van der Waals surface area contributed by atoms with Crippen LogP contribution in [0.2, 0.25) is 5.02 Å². The molecule has 2 aromatic heterocycles. The SMILES string of the molecule is CN(C)CCN(C(=O)c1sc2ccccc2c1Cl)c1nc2ccccc2s1. The van der Waals surface area contributed by atoms with E-state index in [2.05, 4.69) is 9.88 Å². The minimum atomic E-state index is -0.0953. The van der Waals surface area contributed by atoms with Gasteiger partial charge in [-0.15, -0.1) is 11.3 Å². The van der Waals surface area contributed by atoms with E-state index < -0.39 is 0 Å². The van der Waals surface area contributed by atoms with Crippen LogP contribution in [0.5, 0.6) is 0 Å². The quantitative estimate of drug-likeness (QED) is 0.439. The molecule has 0 fully saturated rings. The predicted octanol–water partition coefficient (Wildman–Crippen LogP) is 5.37. The van der Waals surface area contributed by atoms with Crippen LogP contribution in [0.3, 0.4) is 0 Å². The van der Waals surface area contributed by atoms with E-state index in [1.807, 2.05) is 62.6 Å². The van der Waals surface area contributed by atoms with E-state index in [1.54, 1.807) is 4.90 Å². The van der Waals surface area contributed by atoms with Gasteiger partial charge in [-0.25, -0.2) is 4.98 Å². The number of nitrogens with zero attached hydrogens (tertiary/aromatic N) is 3. The van der Waals surface area contributed by atoms with Gasteiger partial charge in [0.25, 0.3) is 5.91 Å². The zero-order chi connectivity index (χ0) is 19.0. The van der Waals surface area contributed by atoms with Crippen molar-refractivity contribution in [2.24, 2.45) is 0 Å². The molecule has 4 rings (SSSR count). The second-order valence-corrected chi connectivity index (χ2v) is 8.90. The minimum absolute atomic E-state index is 0.0953. The topological polar surface area (TPSA) is 36.4 Å². The molecule has 2 heterocycles. The summed E-state index contributed by atoms with van der Waals surface area (Å²) in [6, 6.07) is 15.8. The van der Waals surface area contributed by atoms with E-state index in [-0.39, 0.29) is 5.91 Å². The summed E-state index contributed by atoms with van der Waals surface area (Å²) in [7, 11) is 3.99. The number of aromatic nitrogens is 1. The fraction of sp³-hybridized carbons (Fsp3) is 0.200. The third-order valence-electron chi connectivity index (χ3n) is 4.26. The highest BCUT2D eigenvalue weighted by Gasteiger charge is 2.26. The number of para-hydroxylation sites is 1. The van der Waals surface area contributed by atoms with Crippen molar-refractivity contribution >= 4 is 65.6 Å². The van der Waals surface area contributed by atoms with Crippen LogP contribution < -0.4 is 4.90 Å². The number of hydrogen-bond donors (Lipinski definition) is 0. The number of likely N-dealkylation sites (N-methyl/N-ethyl adjacent to an activating group) is 1. The van der Waals surface area contributed by atoms with Crippen LogP contribution in [0.25, 0.3) is 20.3 Å². The fourth-order valence-corrected chi connectivity index (χ4v) is 5.28. The summed E-state index contributed by atoms with van der Waals surface area (Å²) in [6.45, 7) is 1.29. The normalized spacial score (nSPS) is 11.6. The first kappa shape index (κ1) is 18.4. The van der Waals surface area contributed by atoms with Crippen LogP contribution >= 0.6 is 34.3 Å². The van der Waals surface area contributed by atoms with Gasteiger partial charge in [0, 0.05) is 23.2 Å². The fourth-order valence-electron chi connectivity index (χ4n) is 2.83. The average Bonchev–Trinajstić information content (AvgIpc) is 3.23. The first-order valence-electron chi connectivity index (χ1n) is 8.54. The Kier molecular flexibility index (Phi) is 5.14. The predicted molar refractivity (Wildman–Crippen MR) is 117 cm³/mol. The zero-order valence-corrected chi connectivity index (χ0v) is 17.4. The van der Waals surface area contributed by atoms with Crippen LogP contribution in [-0.2, 0) is 0 Å². The Morgan fingerprint density at radius 3 is 2.41 bits per heavy atom. The first-order valence-corrected chi connectivity index (χ1v) is 10.5. The van der Waals surface area contributed by atoms with Crippen molar-refractivity contribution in [3.63, 3.8) is 0 Å². The Hall–Kier alpha value is -1.99. The molecule has 1 amide bonds. The van der Waals surface area contributed by atoms with E-state index in [9.17, 15) is 4.79 Å². The molecule has 0 unspecified atom stereocenters. The molecule has 0 radical (unpaired) electrons. The van der Waals surface area contributed by atoms with Crippen molar-refractivity contribution in [1.29, 1.82) is 0 Å². The number of benzene rings is 2. The van der Waals surface area contributed by atoms with E-state index in [0.717, 1.165) is 26.8 Å². The highest BCUT2D eigenvalue weighted by Crippen LogP contribution is 2.37. The third-order valence-corrected chi connectivity index (χ3v) is 6.98. The van der Waals surface area contributed by atoms with Gasteiger partial charge < -0.3 is 4.90 Å². The maximum atomic E-state index is 13.4. The second-order valence-electron chi connectivity index (χ2n) is 6.47. The number of hydrogen-bond acceptors (Lipinski definition) is 5. The molecule has 0 saturated carbocycles. The van der Waals surface area contributed by atoms with E-state index in [4.69, 9.17) is 11.6 Å².